The van der Waals surface area contributed by atoms with Crippen molar-refractivity contribution in [1.82, 2.24) is 0 Å². The highest BCUT2D eigenvalue weighted by Gasteiger charge is 2.23. The molecule has 2 aromatic rings. The molecule has 0 spiro atoms. The minimum atomic E-state index is -0.362. The molecule has 0 aliphatic carbocycles. The smallest absolute Gasteiger partial charge is 0.0820 e. The second-order valence-corrected chi connectivity index (χ2v) is 5.00. The van der Waals surface area contributed by atoms with Crippen molar-refractivity contribution in [2.24, 2.45) is 5.92 Å². The summed E-state index contributed by atoms with van der Waals surface area (Å²) in [6.07, 6.45) is 1.54. The molecule has 1 heterocycles. The number of rotatable bonds is 2. The predicted molar refractivity (Wildman–Crippen MR) is 72.5 cm³/mol. The highest BCUT2D eigenvalue weighted by atomic mass is 16.5. The first kappa shape index (κ1) is 11.7. The lowest BCUT2D eigenvalue weighted by Gasteiger charge is -2.27. The van der Waals surface area contributed by atoms with Gasteiger partial charge in [-0.1, -0.05) is 36.4 Å². The van der Waals surface area contributed by atoms with Gasteiger partial charge < -0.3 is 9.84 Å². The first-order valence-electron chi connectivity index (χ1n) is 6.59. The lowest BCUT2D eigenvalue weighted by Crippen LogP contribution is -2.21. The highest BCUT2D eigenvalue weighted by Crippen LogP contribution is 2.31. The zero-order valence-electron chi connectivity index (χ0n) is 10.4. The number of benzene rings is 2. The Labute approximate surface area is 107 Å². The Hall–Kier alpha value is -1.38. The lowest BCUT2D eigenvalue weighted by molar-refractivity contribution is 0.00723. The molecule has 1 atom stereocenters. The summed E-state index contributed by atoms with van der Waals surface area (Å²) >= 11 is 0. The molecule has 2 aromatic carbocycles. The van der Waals surface area contributed by atoms with Gasteiger partial charge in [-0.05, 0) is 41.2 Å². The van der Waals surface area contributed by atoms with Crippen molar-refractivity contribution >= 4 is 10.8 Å². The first-order chi connectivity index (χ1) is 8.84. The van der Waals surface area contributed by atoms with Crippen LogP contribution in [0.25, 0.3) is 10.8 Å². The average Bonchev–Trinajstić information content (AvgIpc) is 2.47. The van der Waals surface area contributed by atoms with Crippen molar-refractivity contribution in [3.05, 3.63) is 48.0 Å². The maximum atomic E-state index is 10.4. The molecule has 2 nitrogen and oxygen atoms in total. The highest BCUT2D eigenvalue weighted by molar-refractivity contribution is 5.83. The molecule has 94 valence electrons. The van der Waals surface area contributed by atoms with E-state index in [0.29, 0.717) is 5.92 Å². The number of aliphatic hydroxyl groups is 1. The van der Waals surface area contributed by atoms with E-state index in [1.165, 1.54) is 10.8 Å². The van der Waals surface area contributed by atoms with Crippen LogP contribution in [-0.2, 0) is 4.74 Å². The van der Waals surface area contributed by atoms with E-state index in [2.05, 4.69) is 24.3 Å². The molecule has 1 N–H and O–H groups in total. The average molecular weight is 242 g/mol. The van der Waals surface area contributed by atoms with Crippen LogP contribution in [-0.4, -0.2) is 18.3 Å². The summed E-state index contributed by atoms with van der Waals surface area (Å²) in [4.78, 5) is 0. The zero-order valence-corrected chi connectivity index (χ0v) is 10.4. The van der Waals surface area contributed by atoms with Gasteiger partial charge in [0.1, 0.15) is 0 Å². The van der Waals surface area contributed by atoms with Crippen molar-refractivity contribution in [3.63, 3.8) is 0 Å². The maximum absolute atomic E-state index is 10.4. The molecule has 0 amide bonds. The molecular formula is C16H18O2. The normalized spacial score (nSPS) is 18.9. The zero-order chi connectivity index (χ0) is 12.4. The Morgan fingerprint density at radius 1 is 1.00 bits per heavy atom. The maximum Gasteiger partial charge on any atom is 0.0820 e. The molecule has 1 aliphatic rings. The Morgan fingerprint density at radius 3 is 2.50 bits per heavy atom. The fraction of sp³-hybridized carbons (Fsp3) is 0.375. The standard InChI is InChI=1S/C16H18O2/c17-16(13-7-9-18-10-8-13)15-6-5-12-3-1-2-4-14(12)11-15/h1-6,11,13,16-17H,7-10H2. The third-order valence-corrected chi connectivity index (χ3v) is 3.83. The van der Waals surface area contributed by atoms with E-state index < -0.39 is 0 Å². The van der Waals surface area contributed by atoms with Crippen LogP contribution in [0.5, 0.6) is 0 Å². The summed E-state index contributed by atoms with van der Waals surface area (Å²) in [6.45, 7) is 1.55. The van der Waals surface area contributed by atoms with Crippen LogP contribution in [0.1, 0.15) is 24.5 Å². The fourth-order valence-corrected chi connectivity index (χ4v) is 2.70. The van der Waals surface area contributed by atoms with Crippen molar-refractivity contribution in [1.29, 1.82) is 0 Å². The van der Waals surface area contributed by atoms with E-state index in [1.54, 1.807) is 0 Å². The van der Waals surface area contributed by atoms with Gasteiger partial charge in [-0.15, -0.1) is 0 Å². The minimum absolute atomic E-state index is 0.333. The van der Waals surface area contributed by atoms with Gasteiger partial charge in [-0.3, -0.25) is 0 Å². The number of hydrogen-bond donors (Lipinski definition) is 1. The van der Waals surface area contributed by atoms with Crippen molar-refractivity contribution < 1.29 is 9.84 Å². The van der Waals surface area contributed by atoms with Crippen LogP contribution in [0.2, 0.25) is 0 Å². The number of ether oxygens (including phenoxy) is 1. The third-order valence-electron chi connectivity index (χ3n) is 3.83. The van der Waals surface area contributed by atoms with E-state index in [-0.39, 0.29) is 6.10 Å². The fourth-order valence-electron chi connectivity index (χ4n) is 2.70. The topological polar surface area (TPSA) is 29.5 Å². The van der Waals surface area contributed by atoms with E-state index in [4.69, 9.17) is 4.74 Å². The molecule has 3 rings (SSSR count). The van der Waals surface area contributed by atoms with Crippen LogP contribution in [0.15, 0.2) is 42.5 Å². The number of hydrogen-bond acceptors (Lipinski definition) is 2. The lowest BCUT2D eigenvalue weighted by atomic mass is 9.88. The molecule has 1 aliphatic heterocycles. The quantitative estimate of drug-likeness (QED) is 0.875. The molecule has 1 saturated heterocycles. The predicted octanol–water partition coefficient (Wildman–Crippen LogP) is 3.30. The van der Waals surface area contributed by atoms with Gasteiger partial charge in [0, 0.05) is 13.2 Å². The summed E-state index contributed by atoms with van der Waals surface area (Å²) in [5, 5.41) is 12.9. The minimum Gasteiger partial charge on any atom is -0.388 e. The molecule has 1 unspecified atom stereocenters. The monoisotopic (exact) mass is 242 g/mol. The van der Waals surface area contributed by atoms with Crippen LogP contribution in [0.3, 0.4) is 0 Å². The summed E-state index contributed by atoms with van der Waals surface area (Å²) in [6, 6.07) is 14.5. The molecule has 18 heavy (non-hydrogen) atoms. The van der Waals surface area contributed by atoms with Gasteiger partial charge in [0.05, 0.1) is 6.10 Å². The largest absolute Gasteiger partial charge is 0.388 e. The Kier molecular flexibility index (Phi) is 3.31. The third kappa shape index (κ3) is 2.26. The first-order valence-corrected chi connectivity index (χ1v) is 6.59. The van der Waals surface area contributed by atoms with Gasteiger partial charge in [-0.25, -0.2) is 0 Å². The van der Waals surface area contributed by atoms with E-state index in [1.807, 2.05) is 18.2 Å². The van der Waals surface area contributed by atoms with Crippen molar-refractivity contribution in [2.45, 2.75) is 18.9 Å². The Balaban J connectivity index is 1.88. The summed E-state index contributed by atoms with van der Waals surface area (Å²) < 4.78 is 5.34. The molecule has 0 saturated carbocycles. The Morgan fingerprint density at radius 2 is 1.72 bits per heavy atom. The van der Waals surface area contributed by atoms with Crippen molar-refractivity contribution in [3.8, 4) is 0 Å². The Bertz CT molecular complexity index is 529. The summed E-state index contributed by atoms with van der Waals surface area (Å²) in [5.41, 5.74) is 1.03. The SMILES string of the molecule is OC(c1ccc2ccccc2c1)C1CCOCC1. The van der Waals surface area contributed by atoms with Crippen LogP contribution in [0, 0.1) is 5.92 Å². The van der Waals surface area contributed by atoms with E-state index >= 15 is 0 Å². The number of aliphatic hydroxyl groups excluding tert-OH is 1. The molecule has 0 bridgehead atoms. The van der Waals surface area contributed by atoms with Gasteiger partial charge in [0.25, 0.3) is 0 Å². The molecule has 0 aromatic heterocycles. The molecule has 2 heteroatoms. The summed E-state index contributed by atoms with van der Waals surface area (Å²) in [5.74, 6) is 0.333. The molecule has 1 fully saturated rings. The van der Waals surface area contributed by atoms with Gasteiger partial charge in [-0.2, -0.15) is 0 Å². The van der Waals surface area contributed by atoms with Gasteiger partial charge >= 0.3 is 0 Å². The number of fused-ring (bicyclic) bond motifs is 1. The molecular weight excluding hydrogens is 224 g/mol. The van der Waals surface area contributed by atoms with Crippen LogP contribution < -0.4 is 0 Å². The van der Waals surface area contributed by atoms with E-state index in [0.717, 1.165) is 31.6 Å². The summed E-state index contributed by atoms with van der Waals surface area (Å²) in [7, 11) is 0. The molecule has 0 radical (unpaired) electrons. The van der Waals surface area contributed by atoms with Crippen molar-refractivity contribution in [2.75, 3.05) is 13.2 Å². The van der Waals surface area contributed by atoms with E-state index in [9.17, 15) is 5.11 Å². The van der Waals surface area contributed by atoms with Gasteiger partial charge in [0.15, 0.2) is 0 Å². The van der Waals surface area contributed by atoms with Crippen LogP contribution >= 0.6 is 0 Å². The second-order valence-electron chi connectivity index (χ2n) is 5.00. The second kappa shape index (κ2) is 5.09. The van der Waals surface area contributed by atoms with Gasteiger partial charge in [0.2, 0.25) is 0 Å². The van der Waals surface area contributed by atoms with Crippen LogP contribution in [0.4, 0.5) is 0 Å².